The van der Waals surface area contributed by atoms with Gasteiger partial charge in [-0.3, -0.25) is 9.69 Å². The van der Waals surface area contributed by atoms with E-state index in [1.165, 1.54) is 17.0 Å². The second-order valence-electron chi connectivity index (χ2n) is 6.30. The Bertz CT molecular complexity index is 706. The molecule has 5 nitrogen and oxygen atoms in total. The zero-order valence-corrected chi connectivity index (χ0v) is 15.6. The summed E-state index contributed by atoms with van der Waals surface area (Å²) in [6.07, 6.45) is 0.458. The van der Waals surface area contributed by atoms with Crippen LogP contribution in [0.5, 0.6) is 0 Å². The maximum atomic E-state index is 13.9. The molecular formula is C16H22ClFN2O3S. The lowest BCUT2D eigenvalue weighted by Crippen LogP contribution is -2.48. The number of amides is 1. The summed E-state index contributed by atoms with van der Waals surface area (Å²) in [6, 6.07) is 3.65. The minimum absolute atomic E-state index is 0.00478. The lowest BCUT2D eigenvalue weighted by atomic mass is 10.1. The molecule has 0 radical (unpaired) electrons. The maximum absolute atomic E-state index is 13.9. The molecule has 1 aliphatic heterocycles. The van der Waals surface area contributed by atoms with Gasteiger partial charge in [-0.25, -0.2) is 12.8 Å². The van der Waals surface area contributed by atoms with Crippen molar-refractivity contribution in [3.63, 3.8) is 0 Å². The number of hydrogen-bond donors (Lipinski definition) is 0. The molecule has 1 amide bonds. The maximum Gasteiger partial charge on any atom is 0.239 e. The summed E-state index contributed by atoms with van der Waals surface area (Å²) in [5.41, 5.74) is 0.340. The van der Waals surface area contributed by atoms with Crippen molar-refractivity contribution in [2.24, 2.45) is 0 Å². The molecule has 0 saturated carbocycles. The second kappa shape index (κ2) is 7.37. The zero-order valence-electron chi connectivity index (χ0n) is 14.0. The van der Waals surface area contributed by atoms with Gasteiger partial charge in [0.25, 0.3) is 0 Å². The third-order valence-electron chi connectivity index (χ3n) is 4.59. The minimum Gasteiger partial charge on any atom is -0.340 e. The number of nitrogens with zero attached hydrogens (tertiary/aromatic N) is 2. The van der Waals surface area contributed by atoms with E-state index in [2.05, 4.69) is 0 Å². The first kappa shape index (κ1) is 19.1. The molecule has 2 atom stereocenters. The Morgan fingerprint density at radius 1 is 1.42 bits per heavy atom. The normalized spacial score (nSPS) is 21.0. The van der Waals surface area contributed by atoms with Crippen molar-refractivity contribution in [1.29, 1.82) is 0 Å². The van der Waals surface area contributed by atoms with Gasteiger partial charge >= 0.3 is 0 Å². The fourth-order valence-corrected chi connectivity index (χ4v) is 4.81. The van der Waals surface area contributed by atoms with E-state index >= 15 is 0 Å². The van der Waals surface area contributed by atoms with Gasteiger partial charge in [0, 0.05) is 30.2 Å². The van der Waals surface area contributed by atoms with Gasteiger partial charge in [0.1, 0.15) is 5.82 Å². The average molecular weight is 377 g/mol. The van der Waals surface area contributed by atoms with Gasteiger partial charge in [-0.1, -0.05) is 17.7 Å². The number of carbonyl (C=O) groups excluding carboxylic acids is 1. The molecule has 1 heterocycles. The Morgan fingerprint density at radius 3 is 2.62 bits per heavy atom. The minimum atomic E-state index is -3.05. The lowest BCUT2D eigenvalue weighted by Gasteiger charge is -2.31. The summed E-state index contributed by atoms with van der Waals surface area (Å²) in [5, 5.41) is 0.316. The number of benzene rings is 1. The third kappa shape index (κ3) is 4.26. The van der Waals surface area contributed by atoms with E-state index in [0.29, 0.717) is 17.0 Å². The number of hydrogen-bond acceptors (Lipinski definition) is 4. The number of rotatable bonds is 5. The smallest absolute Gasteiger partial charge is 0.239 e. The van der Waals surface area contributed by atoms with Crippen LogP contribution in [0.1, 0.15) is 18.9 Å². The Kier molecular flexibility index (Phi) is 5.88. The van der Waals surface area contributed by atoms with E-state index < -0.39 is 21.7 Å². The van der Waals surface area contributed by atoms with Crippen molar-refractivity contribution in [2.75, 3.05) is 25.6 Å². The Labute approximate surface area is 147 Å². The van der Waals surface area contributed by atoms with Crippen LogP contribution in [-0.2, 0) is 21.2 Å². The van der Waals surface area contributed by atoms with E-state index in [4.69, 9.17) is 11.6 Å². The number of sulfone groups is 1. The van der Waals surface area contributed by atoms with Gasteiger partial charge in [0.2, 0.25) is 5.91 Å². The van der Waals surface area contributed by atoms with Gasteiger partial charge < -0.3 is 4.90 Å². The molecule has 1 aliphatic rings. The third-order valence-corrected chi connectivity index (χ3v) is 6.70. The second-order valence-corrected chi connectivity index (χ2v) is 8.93. The molecule has 0 aromatic heterocycles. The molecule has 1 fully saturated rings. The van der Waals surface area contributed by atoms with Crippen LogP contribution in [0, 0.1) is 5.82 Å². The predicted octanol–water partition coefficient (Wildman–Crippen LogP) is 1.94. The van der Waals surface area contributed by atoms with Gasteiger partial charge in [0.05, 0.1) is 17.5 Å². The van der Waals surface area contributed by atoms with Crippen LogP contribution < -0.4 is 0 Å². The van der Waals surface area contributed by atoms with E-state index in [1.54, 1.807) is 32.0 Å². The summed E-state index contributed by atoms with van der Waals surface area (Å²) >= 11 is 6.03. The molecule has 134 valence electrons. The van der Waals surface area contributed by atoms with E-state index in [-0.39, 0.29) is 30.0 Å². The van der Waals surface area contributed by atoms with Crippen molar-refractivity contribution in [1.82, 2.24) is 9.80 Å². The van der Waals surface area contributed by atoms with Crippen LogP contribution >= 0.6 is 11.6 Å². The van der Waals surface area contributed by atoms with Crippen LogP contribution in [0.4, 0.5) is 4.39 Å². The Balaban J connectivity index is 2.04. The largest absolute Gasteiger partial charge is 0.340 e. The van der Waals surface area contributed by atoms with Crippen molar-refractivity contribution in [3.8, 4) is 0 Å². The number of carbonyl (C=O) groups is 1. The van der Waals surface area contributed by atoms with Crippen LogP contribution in [0.25, 0.3) is 0 Å². The van der Waals surface area contributed by atoms with Crippen molar-refractivity contribution in [3.05, 3.63) is 34.6 Å². The lowest BCUT2D eigenvalue weighted by molar-refractivity contribution is -0.136. The van der Waals surface area contributed by atoms with E-state index in [0.717, 1.165) is 0 Å². The van der Waals surface area contributed by atoms with Gasteiger partial charge in [-0.2, -0.15) is 0 Å². The molecule has 1 aromatic carbocycles. The summed E-state index contributed by atoms with van der Waals surface area (Å²) in [5.74, 6) is -0.480. The van der Waals surface area contributed by atoms with Crippen LogP contribution in [0.15, 0.2) is 18.2 Å². The molecule has 0 unspecified atom stereocenters. The summed E-state index contributed by atoms with van der Waals surface area (Å²) in [7, 11) is 0.278. The average Bonchev–Trinajstić information content (AvgIpc) is 2.88. The summed E-state index contributed by atoms with van der Waals surface area (Å²) in [4.78, 5) is 15.8. The van der Waals surface area contributed by atoms with Crippen LogP contribution in [0.2, 0.25) is 5.02 Å². The van der Waals surface area contributed by atoms with E-state index in [9.17, 15) is 17.6 Å². The quantitative estimate of drug-likeness (QED) is 0.788. The van der Waals surface area contributed by atoms with Crippen molar-refractivity contribution in [2.45, 2.75) is 32.0 Å². The molecule has 2 rings (SSSR count). The van der Waals surface area contributed by atoms with Crippen LogP contribution in [-0.4, -0.2) is 61.8 Å². The predicted molar refractivity (Wildman–Crippen MR) is 92.2 cm³/mol. The van der Waals surface area contributed by atoms with Crippen molar-refractivity contribution >= 4 is 27.3 Å². The fraction of sp³-hybridized carbons (Fsp3) is 0.562. The highest BCUT2D eigenvalue weighted by atomic mass is 35.5. The standard InChI is InChI=1S/C16H22ClFN2O3S/c1-11(16(21)20(3)12-7-8-24(22,23)10-12)19(2)9-13-14(17)5-4-6-15(13)18/h4-6,11-12H,7-10H2,1-3H3/t11-,12+/m1/s1. The number of halogens is 2. The molecule has 0 bridgehead atoms. The summed E-state index contributed by atoms with van der Waals surface area (Å²) < 4.78 is 37.1. The first-order chi connectivity index (χ1) is 11.1. The molecule has 1 saturated heterocycles. The van der Waals surface area contributed by atoms with Crippen molar-refractivity contribution < 1.29 is 17.6 Å². The molecule has 0 aliphatic carbocycles. The highest BCUT2D eigenvalue weighted by molar-refractivity contribution is 7.91. The van der Waals surface area contributed by atoms with Gasteiger partial charge in [-0.15, -0.1) is 0 Å². The Morgan fingerprint density at radius 2 is 2.08 bits per heavy atom. The first-order valence-corrected chi connectivity index (χ1v) is 9.92. The molecule has 1 aromatic rings. The molecule has 0 N–H and O–H groups in total. The molecule has 0 spiro atoms. The molecule has 8 heteroatoms. The highest BCUT2D eigenvalue weighted by Crippen LogP contribution is 2.22. The zero-order chi connectivity index (χ0) is 18.1. The molecule has 24 heavy (non-hydrogen) atoms. The number of likely N-dealkylation sites (N-methyl/N-ethyl adjacent to an activating group) is 2. The van der Waals surface area contributed by atoms with Crippen LogP contribution in [0.3, 0.4) is 0 Å². The fourth-order valence-electron chi connectivity index (χ4n) is 2.81. The SMILES string of the molecule is C[C@H](C(=O)N(C)[C@H]1CCS(=O)(=O)C1)N(C)Cc1c(F)cccc1Cl. The monoisotopic (exact) mass is 376 g/mol. The first-order valence-electron chi connectivity index (χ1n) is 7.72. The van der Waals surface area contributed by atoms with Gasteiger partial charge in [0.15, 0.2) is 9.84 Å². The highest BCUT2D eigenvalue weighted by Gasteiger charge is 2.34. The Hall–Kier alpha value is -1.18. The topological polar surface area (TPSA) is 57.7 Å². The van der Waals surface area contributed by atoms with Gasteiger partial charge in [-0.05, 0) is 32.5 Å². The van der Waals surface area contributed by atoms with E-state index in [1.807, 2.05) is 0 Å². The summed E-state index contributed by atoms with van der Waals surface area (Å²) in [6.45, 7) is 1.91. The molecular weight excluding hydrogens is 355 g/mol.